The number of carboxylic acids is 1. The van der Waals surface area contributed by atoms with Gasteiger partial charge in [0.05, 0.1) is 4.92 Å². The van der Waals surface area contributed by atoms with Gasteiger partial charge in [0, 0.05) is 37.7 Å². The lowest BCUT2D eigenvalue weighted by molar-refractivity contribution is -0.384. The van der Waals surface area contributed by atoms with E-state index in [0.29, 0.717) is 11.8 Å². The lowest BCUT2D eigenvalue weighted by Gasteiger charge is -2.35. The molecule has 2 aromatic carbocycles. The number of carbonyl (C=O) groups is 1. The average Bonchev–Trinajstić information content (AvgIpc) is 3.38. The van der Waals surface area contributed by atoms with Gasteiger partial charge in [0.1, 0.15) is 6.04 Å². The molecule has 0 amide bonds. The maximum absolute atomic E-state index is 12.5. The second kappa shape index (κ2) is 13.7. The van der Waals surface area contributed by atoms with Gasteiger partial charge >= 0.3 is 5.97 Å². The van der Waals surface area contributed by atoms with Crippen LogP contribution in [0.1, 0.15) is 74.8 Å². The molecular weight excluding hydrogens is 502 g/mol. The zero-order chi connectivity index (χ0) is 27.9. The Balaban J connectivity index is 1.14. The molecule has 3 aliphatic rings. The molecule has 1 aliphatic carbocycles. The van der Waals surface area contributed by atoms with Crippen molar-refractivity contribution in [2.75, 3.05) is 32.7 Å². The molecule has 3 unspecified atom stereocenters. The Morgan fingerprint density at radius 2 is 1.65 bits per heavy atom. The first-order valence-corrected chi connectivity index (χ1v) is 15.5. The van der Waals surface area contributed by atoms with Crippen LogP contribution in [0.4, 0.5) is 5.69 Å². The Morgan fingerprint density at radius 3 is 2.30 bits per heavy atom. The van der Waals surface area contributed by atoms with Gasteiger partial charge in [0.15, 0.2) is 0 Å². The molecule has 2 saturated heterocycles. The van der Waals surface area contributed by atoms with Gasteiger partial charge < -0.3 is 10.0 Å². The van der Waals surface area contributed by atoms with Crippen LogP contribution in [0.15, 0.2) is 54.6 Å². The molecule has 216 valence electrons. The van der Waals surface area contributed by atoms with Crippen molar-refractivity contribution in [2.24, 2.45) is 17.8 Å². The Bertz CT molecular complexity index is 1090. The van der Waals surface area contributed by atoms with Gasteiger partial charge in [0.25, 0.3) is 5.69 Å². The summed E-state index contributed by atoms with van der Waals surface area (Å²) in [4.78, 5) is 28.0. The number of nitro benzene ring substituents is 1. The summed E-state index contributed by atoms with van der Waals surface area (Å²) in [5.74, 6) is 1.22. The number of nitro groups is 1. The number of aryl methyl sites for hydroxylation is 1. The van der Waals surface area contributed by atoms with Crippen molar-refractivity contribution in [1.29, 1.82) is 0 Å². The Morgan fingerprint density at radius 1 is 0.950 bits per heavy atom. The van der Waals surface area contributed by atoms with Crippen molar-refractivity contribution < 1.29 is 14.8 Å². The first-order valence-electron chi connectivity index (χ1n) is 15.5. The Hall–Kier alpha value is -2.77. The quantitative estimate of drug-likeness (QED) is 0.260. The van der Waals surface area contributed by atoms with Crippen LogP contribution in [-0.4, -0.2) is 64.6 Å². The lowest BCUT2D eigenvalue weighted by atomic mass is 9.83. The maximum atomic E-state index is 12.5. The van der Waals surface area contributed by atoms with Gasteiger partial charge in [-0.3, -0.25) is 19.8 Å². The van der Waals surface area contributed by atoms with E-state index in [1.54, 1.807) is 12.1 Å². The van der Waals surface area contributed by atoms with E-state index in [1.165, 1.54) is 36.8 Å². The molecule has 0 spiro atoms. The van der Waals surface area contributed by atoms with Crippen LogP contribution in [0.3, 0.4) is 0 Å². The van der Waals surface area contributed by atoms with Crippen molar-refractivity contribution in [3.05, 3.63) is 75.8 Å². The van der Waals surface area contributed by atoms with E-state index >= 15 is 0 Å². The minimum Gasteiger partial charge on any atom is -0.480 e. The van der Waals surface area contributed by atoms with Crippen molar-refractivity contribution in [3.8, 4) is 0 Å². The summed E-state index contributed by atoms with van der Waals surface area (Å²) in [7, 11) is 0. The number of carboxylic acid groups (broad SMARTS) is 1. The number of likely N-dealkylation sites (tertiary alicyclic amines) is 2. The molecule has 0 bridgehead atoms. The van der Waals surface area contributed by atoms with Gasteiger partial charge in [-0.15, -0.1) is 0 Å². The molecule has 2 heterocycles. The molecule has 3 atom stereocenters. The van der Waals surface area contributed by atoms with E-state index in [0.717, 1.165) is 77.2 Å². The van der Waals surface area contributed by atoms with Gasteiger partial charge in [-0.05, 0) is 80.5 Å². The zero-order valence-electron chi connectivity index (χ0n) is 23.7. The smallest absolute Gasteiger partial charge is 0.321 e. The molecule has 7 heteroatoms. The van der Waals surface area contributed by atoms with Crippen molar-refractivity contribution in [2.45, 2.75) is 76.2 Å². The molecule has 1 saturated carbocycles. The highest BCUT2D eigenvalue weighted by atomic mass is 16.6. The monoisotopic (exact) mass is 547 g/mol. The molecule has 0 aromatic heterocycles. The molecule has 7 nitrogen and oxygen atoms in total. The molecule has 0 radical (unpaired) electrons. The third-order valence-corrected chi connectivity index (χ3v) is 9.86. The number of benzene rings is 2. The van der Waals surface area contributed by atoms with Gasteiger partial charge in [-0.25, -0.2) is 0 Å². The summed E-state index contributed by atoms with van der Waals surface area (Å²) in [5.41, 5.74) is 2.68. The van der Waals surface area contributed by atoms with Crippen LogP contribution in [0.5, 0.6) is 0 Å². The predicted octanol–water partition coefficient (Wildman–Crippen LogP) is 6.38. The maximum Gasteiger partial charge on any atom is 0.321 e. The highest BCUT2D eigenvalue weighted by molar-refractivity contribution is 5.74. The van der Waals surface area contributed by atoms with Gasteiger partial charge in [-0.2, -0.15) is 0 Å². The highest BCUT2D eigenvalue weighted by Gasteiger charge is 2.43. The minimum absolute atomic E-state index is 0.156. The van der Waals surface area contributed by atoms with E-state index in [4.69, 9.17) is 0 Å². The number of hydrogen-bond acceptors (Lipinski definition) is 5. The van der Waals surface area contributed by atoms with Crippen LogP contribution in [0, 0.1) is 27.9 Å². The van der Waals surface area contributed by atoms with E-state index in [1.807, 2.05) is 12.1 Å². The Labute approximate surface area is 238 Å². The van der Waals surface area contributed by atoms with Gasteiger partial charge in [-0.1, -0.05) is 68.1 Å². The molecule has 2 aromatic rings. The number of non-ortho nitro benzene ring substituents is 1. The second-order valence-electron chi connectivity index (χ2n) is 12.5. The van der Waals surface area contributed by atoms with Crippen LogP contribution >= 0.6 is 0 Å². The number of aliphatic carboxylic acids is 1. The van der Waals surface area contributed by atoms with E-state index in [2.05, 4.69) is 40.1 Å². The molecular formula is C33H45N3O4. The van der Waals surface area contributed by atoms with Crippen LogP contribution in [-0.2, 0) is 11.2 Å². The third kappa shape index (κ3) is 7.29. The summed E-state index contributed by atoms with van der Waals surface area (Å²) in [6.45, 7) is 5.00. The first-order chi connectivity index (χ1) is 19.5. The largest absolute Gasteiger partial charge is 0.480 e. The average molecular weight is 548 g/mol. The summed E-state index contributed by atoms with van der Waals surface area (Å²) >= 11 is 0. The lowest BCUT2D eigenvalue weighted by Crippen LogP contribution is -2.46. The van der Waals surface area contributed by atoms with Crippen LogP contribution < -0.4 is 0 Å². The third-order valence-electron chi connectivity index (χ3n) is 9.86. The molecule has 3 fully saturated rings. The SMILES string of the molecule is O=C(O)C(C1CCCCC1)N1CC(CN2CCC(CCCc3ccc([N+](=O)[O-])cc3)CC2)C(c2ccccc2)C1. The fraction of sp³-hybridized carbons (Fsp3) is 0.606. The zero-order valence-corrected chi connectivity index (χ0v) is 23.7. The fourth-order valence-corrected chi connectivity index (χ4v) is 7.67. The summed E-state index contributed by atoms with van der Waals surface area (Å²) in [5, 5.41) is 21.2. The molecule has 40 heavy (non-hydrogen) atoms. The second-order valence-corrected chi connectivity index (χ2v) is 12.5. The number of piperidine rings is 1. The summed E-state index contributed by atoms with van der Waals surface area (Å²) < 4.78 is 0. The standard InChI is InChI=1S/C33H45N3O4/c37-33(38)32(28-12-5-2-6-13-28)35-23-29(31(24-35)27-10-3-1-4-11-27)22-34-20-18-26(19-21-34)9-7-8-25-14-16-30(17-15-25)36(39)40/h1,3-4,10-11,14-17,26,28-29,31-32H,2,5-9,12-13,18-24H2,(H,37,38). The van der Waals surface area contributed by atoms with E-state index in [-0.39, 0.29) is 22.6 Å². The van der Waals surface area contributed by atoms with E-state index < -0.39 is 5.97 Å². The van der Waals surface area contributed by atoms with Crippen molar-refractivity contribution >= 4 is 11.7 Å². The number of rotatable bonds is 11. The van der Waals surface area contributed by atoms with Gasteiger partial charge in [0.2, 0.25) is 0 Å². The predicted molar refractivity (Wildman–Crippen MR) is 157 cm³/mol. The molecule has 5 rings (SSSR count). The fourth-order valence-electron chi connectivity index (χ4n) is 7.67. The summed E-state index contributed by atoms with van der Waals surface area (Å²) in [6, 6.07) is 17.4. The number of nitrogens with zero attached hydrogens (tertiary/aromatic N) is 3. The highest BCUT2D eigenvalue weighted by Crippen LogP contribution is 2.39. The normalized spacial score (nSPS) is 24.2. The number of hydrogen-bond donors (Lipinski definition) is 1. The molecule has 1 N–H and O–H groups in total. The van der Waals surface area contributed by atoms with Crippen LogP contribution in [0.2, 0.25) is 0 Å². The van der Waals surface area contributed by atoms with Crippen molar-refractivity contribution in [1.82, 2.24) is 9.80 Å². The Kier molecular flexibility index (Phi) is 9.87. The summed E-state index contributed by atoms with van der Waals surface area (Å²) in [6.07, 6.45) is 11.4. The topological polar surface area (TPSA) is 86.9 Å². The van der Waals surface area contributed by atoms with Crippen LogP contribution in [0.25, 0.3) is 0 Å². The van der Waals surface area contributed by atoms with Crippen molar-refractivity contribution in [3.63, 3.8) is 0 Å². The molecule has 2 aliphatic heterocycles. The first kappa shape index (κ1) is 28.7. The van der Waals surface area contributed by atoms with E-state index in [9.17, 15) is 20.0 Å². The minimum atomic E-state index is -0.631.